The fourth-order valence-electron chi connectivity index (χ4n) is 3.12. The number of nitrogens with zero attached hydrogens (tertiary/aromatic N) is 1. The van der Waals surface area contributed by atoms with E-state index in [1.807, 2.05) is 30.3 Å². The first-order valence-electron chi connectivity index (χ1n) is 11.7. The molecule has 0 saturated carbocycles. The summed E-state index contributed by atoms with van der Waals surface area (Å²) in [6.07, 6.45) is 3.79. The maximum Gasteiger partial charge on any atom is 0.418 e. The number of aliphatic carboxylic acids is 1. The number of unbranched alkanes of at least 4 members (excludes halogenated alkanes) is 1. The number of imide groups is 1. The van der Waals surface area contributed by atoms with Crippen LogP contribution in [0.2, 0.25) is 0 Å². The van der Waals surface area contributed by atoms with Crippen molar-refractivity contribution in [3.8, 4) is 0 Å². The minimum atomic E-state index is -3.79. The summed E-state index contributed by atoms with van der Waals surface area (Å²) in [4.78, 5) is 60.1. The van der Waals surface area contributed by atoms with Gasteiger partial charge in [0, 0.05) is 28.6 Å². The van der Waals surface area contributed by atoms with Gasteiger partial charge in [0.1, 0.15) is 6.04 Å². The van der Waals surface area contributed by atoms with Gasteiger partial charge < -0.3 is 16.2 Å². The molecule has 1 heterocycles. The SMILES string of the molecule is CC(C)(C)C(F)(F)C(=O)OF.N[C@@H](Cc1ccccc1)C(=O)N[C@@H](CCCCN1C(=O)C=CC1=O)C(=O)O. The average molecular weight is 544 g/mol. The van der Waals surface area contributed by atoms with Crippen molar-refractivity contribution in [2.45, 2.75) is 64.5 Å². The van der Waals surface area contributed by atoms with E-state index in [4.69, 9.17) is 5.73 Å². The van der Waals surface area contributed by atoms with E-state index in [-0.39, 0.29) is 24.8 Å². The number of benzene rings is 1. The average Bonchev–Trinajstić information content (AvgIpc) is 3.17. The molecule has 4 N–H and O–H groups in total. The lowest BCUT2D eigenvalue weighted by Gasteiger charge is -2.25. The summed E-state index contributed by atoms with van der Waals surface area (Å²) >= 11 is 0. The van der Waals surface area contributed by atoms with Gasteiger partial charge in [0.05, 0.1) is 6.04 Å². The normalized spacial score (nSPS) is 14.9. The third-order valence-corrected chi connectivity index (χ3v) is 5.54. The molecule has 10 nitrogen and oxygen atoms in total. The van der Waals surface area contributed by atoms with E-state index in [9.17, 15) is 42.4 Å². The Kier molecular flexibility index (Phi) is 12.1. The maximum absolute atomic E-state index is 12.6. The van der Waals surface area contributed by atoms with Gasteiger partial charge in [-0.05, 0) is 31.2 Å². The van der Waals surface area contributed by atoms with Gasteiger partial charge in [0.2, 0.25) is 5.91 Å². The van der Waals surface area contributed by atoms with Crippen LogP contribution in [0.5, 0.6) is 0 Å². The van der Waals surface area contributed by atoms with Crippen LogP contribution in [0.1, 0.15) is 45.6 Å². The number of carbonyl (C=O) groups excluding carboxylic acids is 4. The lowest BCUT2D eigenvalue weighted by atomic mass is 9.88. The topological polar surface area (TPSA) is 156 Å². The van der Waals surface area contributed by atoms with Crippen LogP contribution in [0.4, 0.5) is 13.3 Å². The van der Waals surface area contributed by atoms with Gasteiger partial charge in [-0.15, -0.1) is 0 Å². The number of carbonyl (C=O) groups is 5. The van der Waals surface area contributed by atoms with Crippen LogP contribution in [0.25, 0.3) is 0 Å². The van der Waals surface area contributed by atoms with E-state index < -0.39 is 41.3 Å². The van der Waals surface area contributed by atoms with Crippen molar-refractivity contribution in [1.82, 2.24) is 10.2 Å². The molecule has 13 heteroatoms. The number of halogens is 3. The van der Waals surface area contributed by atoms with Gasteiger partial charge in [0.15, 0.2) is 0 Å². The molecule has 0 radical (unpaired) electrons. The Morgan fingerprint density at radius 2 is 1.61 bits per heavy atom. The van der Waals surface area contributed by atoms with Gasteiger partial charge in [0.25, 0.3) is 11.8 Å². The molecule has 3 amide bonds. The Balaban J connectivity index is 0.000000554. The fourth-order valence-corrected chi connectivity index (χ4v) is 3.12. The number of amides is 3. The largest absolute Gasteiger partial charge is 0.480 e. The number of carboxylic acid groups (broad SMARTS) is 1. The molecule has 0 fully saturated rings. The molecule has 0 bridgehead atoms. The second-order valence-electron chi connectivity index (χ2n) is 9.54. The molecular weight excluding hydrogens is 511 g/mol. The first kappa shape index (κ1) is 32.3. The monoisotopic (exact) mass is 543 g/mol. The molecule has 0 aromatic heterocycles. The van der Waals surface area contributed by atoms with Crippen molar-refractivity contribution < 1.29 is 47.3 Å². The molecule has 0 spiro atoms. The van der Waals surface area contributed by atoms with E-state index in [1.54, 1.807) is 0 Å². The first-order chi connectivity index (χ1) is 17.6. The van der Waals surface area contributed by atoms with Crippen molar-refractivity contribution in [2.75, 3.05) is 6.54 Å². The Labute approximate surface area is 217 Å². The molecule has 0 aliphatic carbocycles. The Bertz CT molecular complexity index is 1010. The zero-order valence-electron chi connectivity index (χ0n) is 21.3. The molecular formula is C25H32F3N3O7. The summed E-state index contributed by atoms with van der Waals surface area (Å²) in [5.74, 6) is -8.34. The summed E-state index contributed by atoms with van der Waals surface area (Å²) in [6.45, 7) is 3.57. The van der Waals surface area contributed by atoms with Crippen LogP contribution in [-0.2, 0) is 35.3 Å². The summed E-state index contributed by atoms with van der Waals surface area (Å²) in [6, 6.07) is 7.31. The van der Waals surface area contributed by atoms with Gasteiger partial charge >= 0.3 is 17.9 Å². The molecule has 0 saturated heterocycles. The molecule has 0 unspecified atom stereocenters. The molecule has 2 rings (SSSR count). The van der Waals surface area contributed by atoms with Crippen molar-refractivity contribution in [3.63, 3.8) is 0 Å². The highest BCUT2D eigenvalue weighted by molar-refractivity contribution is 6.12. The van der Waals surface area contributed by atoms with Crippen molar-refractivity contribution in [1.29, 1.82) is 0 Å². The molecule has 2 atom stereocenters. The number of carboxylic acids is 1. The number of hydrogen-bond donors (Lipinski definition) is 3. The molecule has 210 valence electrons. The number of alkyl halides is 2. The maximum atomic E-state index is 12.6. The van der Waals surface area contributed by atoms with E-state index in [2.05, 4.69) is 10.3 Å². The Hall–Kier alpha value is -3.74. The summed E-state index contributed by atoms with van der Waals surface area (Å²) < 4.78 is 36.3. The number of hydrogen-bond acceptors (Lipinski definition) is 7. The zero-order chi connectivity index (χ0) is 29.1. The van der Waals surface area contributed by atoms with E-state index in [0.717, 1.165) is 31.2 Å². The molecule has 1 aromatic carbocycles. The van der Waals surface area contributed by atoms with Crippen LogP contribution in [0.15, 0.2) is 42.5 Å². The Morgan fingerprint density at radius 3 is 2.05 bits per heavy atom. The first-order valence-corrected chi connectivity index (χ1v) is 11.7. The Morgan fingerprint density at radius 1 is 1.05 bits per heavy atom. The van der Waals surface area contributed by atoms with E-state index >= 15 is 0 Å². The van der Waals surface area contributed by atoms with Crippen LogP contribution in [0.3, 0.4) is 0 Å². The fraction of sp³-hybridized carbons (Fsp3) is 0.480. The second kappa shape index (κ2) is 14.3. The highest BCUT2D eigenvalue weighted by Crippen LogP contribution is 2.36. The van der Waals surface area contributed by atoms with Crippen LogP contribution in [-0.4, -0.2) is 64.2 Å². The van der Waals surface area contributed by atoms with Crippen molar-refractivity contribution in [2.24, 2.45) is 11.1 Å². The molecule has 1 aromatic rings. The third-order valence-electron chi connectivity index (χ3n) is 5.54. The number of rotatable bonds is 11. The van der Waals surface area contributed by atoms with Crippen LogP contribution >= 0.6 is 0 Å². The lowest BCUT2D eigenvalue weighted by molar-refractivity contribution is -0.225. The van der Waals surface area contributed by atoms with Gasteiger partial charge in [-0.25, -0.2) is 14.5 Å². The third kappa shape index (κ3) is 9.61. The minimum absolute atomic E-state index is 0.183. The smallest absolute Gasteiger partial charge is 0.418 e. The summed E-state index contributed by atoms with van der Waals surface area (Å²) in [7, 11) is 0. The quantitative estimate of drug-likeness (QED) is 0.284. The van der Waals surface area contributed by atoms with Crippen LogP contribution < -0.4 is 11.1 Å². The van der Waals surface area contributed by atoms with E-state index in [1.165, 1.54) is 12.2 Å². The minimum Gasteiger partial charge on any atom is -0.480 e. The van der Waals surface area contributed by atoms with Gasteiger partial charge in [-0.2, -0.15) is 8.78 Å². The van der Waals surface area contributed by atoms with Gasteiger partial charge in [-0.1, -0.05) is 51.1 Å². The predicted octanol–water partition coefficient (Wildman–Crippen LogP) is 2.32. The van der Waals surface area contributed by atoms with Crippen molar-refractivity contribution in [3.05, 3.63) is 48.0 Å². The molecule has 38 heavy (non-hydrogen) atoms. The summed E-state index contributed by atoms with van der Waals surface area (Å²) in [5.41, 5.74) is 5.13. The van der Waals surface area contributed by atoms with Crippen molar-refractivity contribution >= 4 is 29.7 Å². The highest BCUT2D eigenvalue weighted by atomic mass is 19.3. The van der Waals surface area contributed by atoms with Gasteiger partial charge in [-0.3, -0.25) is 19.3 Å². The highest BCUT2D eigenvalue weighted by Gasteiger charge is 2.52. The van der Waals surface area contributed by atoms with Crippen LogP contribution in [0, 0.1) is 5.41 Å². The number of nitrogens with one attached hydrogen (secondary N) is 1. The zero-order valence-corrected chi connectivity index (χ0v) is 21.3. The number of nitrogens with two attached hydrogens (primary N) is 1. The summed E-state index contributed by atoms with van der Waals surface area (Å²) in [5, 5.41) is 11.8. The molecule has 1 aliphatic heterocycles. The van der Waals surface area contributed by atoms with E-state index in [0.29, 0.717) is 19.3 Å². The lowest BCUT2D eigenvalue weighted by Crippen LogP contribution is -2.49. The predicted molar refractivity (Wildman–Crippen MR) is 129 cm³/mol. The standard InChI is InChI=1S/C19H23N3O5.C6H9F3O2/c20-14(12-13-6-2-1-3-7-13)18(25)21-15(19(26)27)8-4-5-11-22-16(23)9-10-17(22)24;1-5(2,3)6(7,8)4(10)11-9/h1-3,6-7,9-10,14-15H,4-5,8,11-12,20H2,(H,21,25)(H,26,27);1-3H3/t14-,15-;/m0./s1. The molecule has 1 aliphatic rings. The second-order valence-corrected chi connectivity index (χ2v) is 9.54.